The quantitative estimate of drug-likeness (QED) is 0.201. The van der Waals surface area contributed by atoms with Crippen molar-refractivity contribution >= 4 is 39.4 Å². The third-order valence-electron chi connectivity index (χ3n) is 7.10. The van der Waals surface area contributed by atoms with Crippen molar-refractivity contribution in [2.75, 3.05) is 17.7 Å². The minimum Gasteiger partial charge on any atom is -0.490 e. The molecule has 5 aromatic rings. The Morgan fingerprint density at radius 1 is 0.850 bits per heavy atom. The monoisotopic (exact) mass is 532 g/mol. The molecule has 40 heavy (non-hydrogen) atoms. The predicted molar refractivity (Wildman–Crippen MR) is 155 cm³/mol. The zero-order chi connectivity index (χ0) is 27.8. The molecule has 0 bridgehead atoms. The highest BCUT2D eigenvalue weighted by atomic mass is 16.6. The van der Waals surface area contributed by atoms with Gasteiger partial charge < -0.3 is 19.9 Å². The Bertz CT molecular complexity index is 1880. The zero-order valence-electron chi connectivity index (χ0n) is 21.5. The molecule has 1 aliphatic heterocycles. The van der Waals surface area contributed by atoms with Crippen LogP contribution in [0, 0.1) is 10.1 Å². The summed E-state index contributed by atoms with van der Waals surface area (Å²) in [5.74, 6) is -0.0936. The Labute approximate surface area is 228 Å². The maximum absolute atomic E-state index is 13.1. The number of aromatic nitrogens is 1. The smallest absolute Gasteiger partial charge is 0.310 e. The maximum Gasteiger partial charge on any atom is 0.310 e. The van der Waals surface area contributed by atoms with E-state index in [0.29, 0.717) is 35.3 Å². The van der Waals surface area contributed by atoms with Crippen LogP contribution in [-0.2, 0) is 13.0 Å². The molecule has 6 rings (SSSR count). The number of hydrogen-bond donors (Lipinski definition) is 2. The molecule has 0 atom stereocenters. The molecule has 1 aliphatic rings. The Morgan fingerprint density at radius 3 is 2.48 bits per heavy atom. The largest absolute Gasteiger partial charge is 0.490 e. The lowest BCUT2D eigenvalue weighted by atomic mass is 10.0. The Balaban J connectivity index is 1.26. The summed E-state index contributed by atoms with van der Waals surface area (Å²) in [5.41, 5.74) is 4.78. The van der Waals surface area contributed by atoms with Crippen molar-refractivity contribution in [3.8, 4) is 16.9 Å². The van der Waals surface area contributed by atoms with Gasteiger partial charge in [-0.2, -0.15) is 0 Å². The highest BCUT2D eigenvalue weighted by Gasteiger charge is 2.21. The highest BCUT2D eigenvalue weighted by molar-refractivity contribution is 6.12. The normalized spacial score (nSPS) is 12.1. The predicted octanol–water partition coefficient (Wildman–Crippen LogP) is 6.14. The topological polar surface area (TPSA) is 116 Å². The number of nitro groups is 1. The number of amides is 1. The van der Waals surface area contributed by atoms with E-state index in [1.165, 1.54) is 13.2 Å². The van der Waals surface area contributed by atoms with Gasteiger partial charge in [-0.1, -0.05) is 30.3 Å². The van der Waals surface area contributed by atoms with Crippen LogP contribution in [0.5, 0.6) is 5.75 Å². The number of benzene rings is 4. The zero-order valence-corrected chi connectivity index (χ0v) is 21.5. The van der Waals surface area contributed by atoms with Crippen LogP contribution in [0.4, 0.5) is 22.7 Å². The Morgan fingerprint density at radius 2 is 1.65 bits per heavy atom. The van der Waals surface area contributed by atoms with Gasteiger partial charge in [0.15, 0.2) is 5.75 Å². The van der Waals surface area contributed by atoms with Gasteiger partial charge in [-0.05, 0) is 77.0 Å². The minimum absolute atomic E-state index is 0.0280. The van der Waals surface area contributed by atoms with Crippen LogP contribution in [0.15, 0.2) is 95.9 Å². The molecule has 1 amide bonds. The van der Waals surface area contributed by atoms with Gasteiger partial charge in [-0.15, -0.1) is 0 Å². The van der Waals surface area contributed by atoms with Gasteiger partial charge >= 0.3 is 5.69 Å². The van der Waals surface area contributed by atoms with Crippen LogP contribution in [0.2, 0.25) is 0 Å². The summed E-state index contributed by atoms with van der Waals surface area (Å²) in [6, 6.07) is 25.3. The van der Waals surface area contributed by atoms with E-state index >= 15 is 0 Å². The second-order valence-corrected chi connectivity index (χ2v) is 9.51. The Kier molecular flexibility index (Phi) is 6.24. The molecule has 9 nitrogen and oxygen atoms in total. The summed E-state index contributed by atoms with van der Waals surface area (Å²) in [5, 5.41) is 19.2. The molecule has 4 aromatic carbocycles. The lowest BCUT2D eigenvalue weighted by Crippen LogP contribution is -2.20. The van der Waals surface area contributed by atoms with Gasteiger partial charge in [0.05, 0.1) is 34.7 Å². The van der Waals surface area contributed by atoms with Gasteiger partial charge in [-0.3, -0.25) is 19.7 Å². The van der Waals surface area contributed by atoms with Gasteiger partial charge in [-0.25, -0.2) is 0 Å². The molecule has 0 aliphatic carbocycles. The minimum atomic E-state index is -0.489. The second-order valence-electron chi connectivity index (χ2n) is 9.51. The van der Waals surface area contributed by atoms with Crippen LogP contribution < -0.4 is 20.9 Å². The summed E-state index contributed by atoms with van der Waals surface area (Å²) < 4.78 is 6.91. The summed E-state index contributed by atoms with van der Waals surface area (Å²) in [7, 11) is 1.39. The van der Waals surface area contributed by atoms with E-state index in [1.807, 2.05) is 60.8 Å². The molecule has 0 unspecified atom stereocenters. The van der Waals surface area contributed by atoms with Crippen LogP contribution >= 0.6 is 0 Å². The Hall–Kier alpha value is -5.44. The summed E-state index contributed by atoms with van der Waals surface area (Å²) in [4.78, 5) is 36.7. The van der Waals surface area contributed by atoms with Crippen molar-refractivity contribution < 1.29 is 14.5 Å². The second kappa shape index (κ2) is 10.0. The van der Waals surface area contributed by atoms with Gasteiger partial charge in [0, 0.05) is 24.2 Å². The van der Waals surface area contributed by atoms with Crippen LogP contribution in [0.3, 0.4) is 0 Å². The fourth-order valence-electron chi connectivity index (χ4n) is 4.98. The average Bonchev–Trinajstić information content (AvgIpc) is 3.11. The molecular weight excluding hydrogens is 508 g/mol. The highest BCUT2D eigenvalue weighted by Crippen LogP contribution is 2.37. The van der Waals surface area contributed by atoms with Gasteiger partial charge in [0.2, 0.25) is 0 Å². The van der Waals surface area contributed by atoms with Crippen LogP contribution in [0.1, 0.15) is 15.9 Å². The molecule has 0 saturated heterocycles. The van der Waals surface area contributed by atoms with Crippen molar-refractivity contribution in [1.29, 1.82) is 0 Å². The molecular formula is C31H24N4O5. The van der Waals surface area contributed by atoms with E-state index < -0.39 is 4.92 Å². The number of carbonyl (C=O) groups excluding carboxylic acids is 1. The number of ether oxygens (including phenoxy) is 1. The first-order valence-corrected chi connectivity index (χ1v) is 12.7. The third-order valence-corrected chi connectivity index (χ3v) is 7.10. The van der Waals surface area contributed by atoms with Crippen molar-refractivity contribution in [2.24, 2.45) is 0 Å². The number of anilines is 3. The van der Waals surface area contributed by atoms with Crippen LogP contribution in [-0.4, -0.2) is 22.5 Å². The fourth-order valence-corrected chi connectivity index (χ4v) is 4.98. The van der Waals surface area contributed by atoms with Crippen molar-refractivity contribution in [3.05, 3.63) is 123 Å². The molecule has 0 saturated carbocycles. The lowest BCUT2D eigenvalue weighted by molar-refractivity contribution is -0.385. The van der Waals surface area contributed by atoms with E-state index in [1.54, 1.807) is 28.8 Å². The standard InChI is InChI=1S/C31H24N4O5/c1-40-29-18-22(8-11-28(29)35(38)39)21-7-9-24-26(17-21)32-25-10-6-19(16-27(25)33-30(24)36)12-14-34-15-13-20-4-2-3-5-23(20)31(34)37/h2-11,13,15-18,32H,12,14H2,1H3,(H,33,36). The van der Waals surface area contributed by atoms with Gasteiger partial charge in [0.1, 0.15) is 0 Å². The van der Waals surface area contributed by atoms with Crippen molar-refractivity contribution in [1.82, 2.24) is 4.57 Å². The van der Waals surface area contributed by atoms with E-state index in [9.17, 15) is 19.7 Å². The molecule has 2 N–H and O–H groups in total. The van der Waals surface area contributed by atoms with Crippen LogP contribution in [0.25, 0.3) is 21.9 Å². The summed E-state index contributed by atoms with van der Waals surface area (Å²) >= 11 is 0. The molecule has 0 radical (unpaired) electrons. The number of rotatable bonds is 6. The van der Waals surface area contributed by atoms with Gasteiger partial charge in [0.25, 0.3) is 11.5 Å². The maximum atomic E-state index is 13.1. The average molecular weight is 533 g/mol. The number of nitrogens with one attached hydrogen (secondary N) is 2. The summed E-state index contributed by atoms with van der Waals surface area (Å²) in [6.45, 7) is 0.506. The molecule has 0 spiro atoms. The number of nitro benzene ring substituents is 1. The lowest BCUT2D eigenvalue weighted by Gasteiger charge is -2.12. The number of aryl methyl sites for hydroxylation is 2. The first kappa shape index (κ1) is 24.9. The molecule has 0 fully saturated rings. The summed E-state index contributed by atoms with van der Waals surface area (Å²) in [6.07, 6.45) is 2.42. The van der Waals surface area contributed by atoms with E-state index in [-0.39, 0.29) is 22.9 Å². The van der Waals surface area contributed by atoms with E-state index in [0.717, 1.165) is 27.8 Å². The number of pyridine rings is 1. The fraction of sp³-hybridized carbons (Fsp3) is 0.0968. The van der Waals surface area contributed by atoms with E-state index in [2.05, 4.69) is 10.6 Å². The molecule has 2 heterocycles. The molecule has 1 aromatic heterocycles. The van der Waals surface area contributed by atoms with Crippen molar-refractivity contribution in [3.63, 3.8) is 0 Å². The number of carbonyl (C=O) groups is 1. The van der Waals surface area contributed by atoms with Crippen molar-refractivity contribution in [2.45, 2.75) is 13.0 Å². The number of methoxy groups -OCH3 is 1. The van der Waals surface area contributed by atoms with E-state index in [4.69, 9.17) is 4.74 Å². The third kappa shape index (κ3) is 4.54. The SMILES string of the molecule is COc1cc(-c2ccc3c(c2)Nc2ccc(CCn4ccc5ccccc5c4=O)cc2NC3=O)ccc1[N+](=O)[O-]. The number of nitrogens with zero attached hydrogens (tertiary/aromatic N) is 2. The first-order chi connectivity index (χ1) is 19.4. The number of hydrogen-bond acceptors (Lipinski definition) is 6. The number of fused-ring (bicyclic) bond motifs is 3. The first-order valence-electron chi connectivity index (χ1n) is 12.7. The molecule has 9 heteroatoms. The molecule has 198 valence electrons.